The first-order valence-electron chi connectivity index (χ1n) is 7.28. The van der Waals surface area contributed by atoms with Crippen molar-refractivity contribution < 1.29 is 9.21 Å². The lowest BCUT2D eigenvalue weighted by Gasteiger charge is -2.02. The second-order valence-corrected chi connectivity index (χ2v) is 6.09. The first kappa shape index (κ1) is 16.2. The van der Waals surface area contributed by atoms with Crippen molar-refractivity contribution in [3.63, 3.8) is 0 Å². The van der Waals surface area contributed by atoms with E-state index in [1.165, 1.54) is 6.21 Å². The molecule has 3 rings (SSSR count). The third kappa shape index (κ3) is 4.20. The smallest absolute Gasteiger partial charge is 0.291 e. The van der Waals surface area contributed by atoms with Gasteiger partial charge in [-0.05, 0) is 42.8 Å². The number of carbonyl (C=O) groups is 1. The van der Waals surface area contributed by atoms with Gasteiger partial charge in [0.15, 0.2) is 5.69 Å². The van der Waals surface area contributed by atoms with Crippen molar-refractivity contribution in [3.05, 3.63) is 75.9 Å². The van der Waals surface area contributed by atoms with Crippen molar-refractivity contribution in [1.29, 1.82) is 0 Å². The van der Waals surface area contributed by atoms with Crippen LogP contribution in [0.2, 0.25) is 0 Å². The molecule has 0 fully saturated rings. The van der Waals surface area contributed by atoms with Crippen molar-refractivity contribution in [3.8, 4) is 0 Å². The molecule has 7 heteroatoms. The Hall–Kier alpha value is -2.67. The average Bonchev–Trinajstić information content (AvgIpc) is 3.16. The monoisotopic (exact) mass is 386 g/mol. The number of nitrogens with one attached hydrogen (secondary N) is 1. The molecule has 2 aromatic heterocycles. The van der Waals surface area contributed by atoms with E-state index in [0.717, 1.165) is 15.8 Å². The zero-order valence-electron chi connectivity index (χ0n) is 12.9. The van der Waals surface area contributed by atoms with Crippen molar-refractivity contribution in [2.75, 3.05) is 0 Å². The van der Waals surface area contributed by atoms with Crippen LogP contribution in [-0.4, -0.2) is 21.9 Å². The Morgan fingerprint density at radius 3 is 3.00 bits per heavy atom. The Morgan fingerprint density at radius 1 is 1.38 bits per heavy atom. The van der Waals surface area contributed by atoms with Crippen LogP contribution in [0.4, 0.5) is 0 Å². The zero-order chi connectivity index (χ0) is 16.9. The molecule has 24 heavy (non-hydrogen) atoms. The third-order valence-electron chi connectivity index (χ3n) is 3.23. The predicted molar refractivity (Wildman–Crippen MR) is 94.0 cm³/mol. The number of amides is 1. The summed E-state index contributed by atoms with van der Waals surface area (Å²) in [5, 5.41) is 8.12. The van der Waals surface area contributed by atoms with Crippen LogP contribution in [0.1, 0.15) is 27.6 Å². The molecule has 0 aliphatic carbocycles. The second kappa shape index (κ2) is 7.27. The summed E-state index contributed by atoms with van der Waals surface area (Å²) in [6.45, 7) is 2.43. The van der Waals surface area contributed by atoms with E-state index in [2.05, 4.69) is 31.6 Å². The molecule has 1 N–H and O–H groups in total. The number of aryl methyl sites for hydroxylation is 1. The van der Waals surface area contributed by atoms with Gasteiger partial charge in [0.1, 0.15) is 11.5 Å². The predicted octanol–water partition coefficient (Wildman–Crippen LogP) is 3.36. The van der Waals surface area contributed by atoms with E-state index in [0.29, 0.717) is 18.0 Å². The summed E-state index contributed by atoms with van der Waals surface area (Å²) in [7, 11) is 0. The lowest BCUT2D eigenvalue weighted by molar-refractivity contribution is 0.0949. The molecule has 1 amide bonds. The lowest BCUT2D eigenvalue weighted by atomic mass is 10.2. The molecule has 0 aliphatic rings. The van der Waals surface area contributed by atoms with Crippen LogP contribution in [0.15, 0.2) is 62.7 Å². The Labute approximate surface area is 147 Å². The Morgan fingerprint density at radius 2 is 2.25 bits per heavy atom. The maximum atomic E-state index is 12.0. The lowest BCUT2D eigenvalue weighted by Crippen LogP contribution is -2.18. The van der Waals surface area contributed by atoms with Crippen molar-refractivity contribution in [1.82, 2.24) is 15.2 Å². The molecular formula is C17H15BrN4O2. The number of hydrogen-bond donors (Lipinski definition) is 1. The van der Waals surface area contributed by atoms with Crippen LogP contribution >= 0.6 is 15.9 Å². The maximum absolute atomic E-state index is 12.0. The molecule has 3 aromatic rings. The van der Waals surface area contributed by atoms with Gasteiger partial charge in [-0.15, -0.1) is 0 Å². The minimum Gasteiger partial charge on any atom is -0.460 e. The summed E-state index contributed by atoms with van der Waals surface area (Å²) < 4.78 is 8.04. The standard InChI is InChI=1S/C17H15BrN4O2/c1-12-5-6-15(24-12)10-19-20-17(23)16-7-8-22(21-16)11-13-3-2-4-14(18)9-13/h2-10H,11H2,1H3,(H,20,23)/b19-10-. The first-order valence-corrected chi connectivity index (χ1v) is 8.07. The summed E-state index contributed by atoms with van der Waals surface area (Å²) in [5.41, 5.74) is 3.82. The van der Waals surface area contributed by atoms with E-state index < -0.39 is 0 Å². The van der Waals surface area contributed by atoms with Gasteiger partial charge < -0.3 is 4.42 Å². The normalized spacial score (nSPS) is 11.1. The van der Waals surface area contributed by atoms with Gasteiger partial charge in [-0.3, -0.25) is 9.48 Å². The van der Waals surface area contributed by atoms with Gasteiger partial charge >= 0.3 is 0 Å². The number of aromatic nitrogens is 2. The largest absolute Gasteiger partial charge is 0.460 e. The van der Waals surface area contributed by atoms with Crippen LogP contribution in [0.3, 0.4) is 0 Å². The van der Waals surface area contributed by atoms with Gasteiger partial charge in [0, 0.05) is 10.7 Å². The van der Waals surface area contributed by atoms with Crippen molar-refractivity contribution >= 4 is 28.1 Å². The molecule has 1 aromatic carbocycles. The van der Waals surface area contributed by atoms with E-state index in [1.54, 1.807) is 23.0 Å². The quantitative estimate of drug-likeness (QED) is 0.539. The number of nitrogens with zero attached hydrogens (tertiary/aromatic N) is 3. The van der Waals surface area contributed by atoms with Gasteiger partial charge in [-0.1, -0.05) is 28.1 Å². The molecule has 6 nitrogen and oxygen atoms in total. The molecule has 2 heterocycles. The number of benzene rings is 1. The van der Waals surface area contributed by atoms with E-state index in [4.69, 9.17) is 4.42 Å². The Bertz CT molecular complexity index is 882. The minimum atomic E-state index is -0.373. The van der Waals surface area contributed by atoms with Gasteiger partial charge in [-0.25, -0.2) is 5.43 Å². The minimum absolute atomic E-state index is 0.303. The number of furan rings is 1. The van der Waals surface area contributed by atoms with Crippen LogP contribution in [0, 0.1) is 6.92 Å². The fraction of sp³-hybridized carbons (Fsp3) is 0.118. The Balaban J connectivity index is 1.60. The molecule has 0 bridgehead atoms. The molecule has 122 valence electrons. The summed E-state index contributed by atoms with van der Waals surface area (Å²) in [4.78, 5) is 12.0. The number of hydrogen-bond acceptors (Lipinski definition) is 4. The molecular weight excluding hydrogens is 372 g/mol. The van der Waals surface area contributed by atoms with Gasteiger partial charge in [-0.2, -0.15) is 10.2 Å². The summed E-state index contributed by atoms with van der Waals surface area (Å²) in [6.07, 6.45) is 3.21. The van der Waals surface area contributed by atoms with Crippen molar-refractivity contribution in [2.24, 2.45) is 5.10 Å². The SMILES string of the molecule is Cc1ccc(/C=N\NC(=O)c2ccn(Cc3cccc(Br)c3)n2)o1. The number of halogens is 1. The van der Waals surface area contributed by atoms with Gasteiger partial charge in [0.05, 0.1) is 12.8 Å². The van der Waals surface area contributed by atoms with E-state index in [1.807, 2.05) is 37.3 Å². The van der Waals surface area contributed by atoms with Gasteiger partial charge in [0.2, 0.25) is 0 Å². The fourth-order valence-corrected chi connectivity index (χ4v) is 2.57. The highest BCUT2D eigenvalue weighted by atomic mass is 79.9. The summed E-state index contributed by atoms with van der Waals surface area (Å²) >= 11 is 3.44. The topological polar surface area (TPSA) is 72.4 Å². The summed E-state index contributed by atoms with van der Waals surface area (Å²) in [6, 6.07) is 13.2. The molecule has 0 atom stereocenters. The average molecular weight is 387 g/mol. The highest BCUT2D eigenvalue weighted by Gasteiger charge is 2.09. The molecule has 0 spiro atoms. The molecule has 0 unspecified atom stereocenters. The highest BCUT2D eigenvalue weighted by molar-refractivity contribution is 9.10. The van der Waals surface area contributed by atoms with E-state index in [9.17, 15) is 4.79 Å². The number of carbonyl (C=O) groups excluding carboxylic acids is 1. The van der Waals surface area contributed by atoms with Crippen LogP contribution in [-0.2, 0) is 6.54 Å². The molecule has 0 radical (unpaired) electrons. The molecule has 0 aliphatic heterocycles. The van der Waals surface area contributed by atoms with Crippen LogP contribution in [0.5, 0.6) is 0 Å². The Kier molecular flexibility index (Phi) is 4.90. The van der Waals surface area contributed by atoms with Crippen LogP contribution in [0.25, 0.3) is 0 Å². The maximum Gasteiger partial charge on any atom is 0.291 e. The second-order valence-electron chi connectivity index (χ2n) is 5.18. The highest BCUT2D eigenvalue weighted by Crippen LogP contribution is 2.12. The van der Waals surface area contributed by atoms with E-state index >= 15 is 0 Å². The molecule has 0 saturated heterocycles. The summed E-state index contributed by atoms with van der Waals surface area (Å²) in [5.74, 6) is 0.990. The van der Waals surface area contributed by atoms with Crippen LogP contribution < -0.4 is 5.43 Å². The molecule has 0 saturated carbocycles. The van der Waals surface area contributed by atoms with Crippen molar-refractivity contribution in [2.45, 2.75) is 13.5 Å². The van der Waals surface area contributed by atoms with Gasteiger partial charge in [0.25, 0.3) is 5.91 Å². The third-order valence-corrected chi connectivity index (χ3v) is 3.72. The number of rotatable bonds is 5. The van der Waals surface area contributed by atoms with E-state index in [-0.39, 0.29) is 5.91 Å². The first-order chi connectivity index (χ1) is 11.6. The fourth-order valence-electron chi connectivity index (χ4n) is 2.13. The number of hydrazone groups is 1. The zero-order valence-corrected chi connectivity index (χ0v) is 14.5.